The maximum atomic E-state index is 12.8. The minimum absolute atomic E-state index is 0.241. The highest BCUT2D eigenvalue weighted by atomic mass is 32.2. The average Bonchev–Trinajstić information content (AvgIpc) is 3.04. The highest BCUT2D eigenvalue weighted by Gasteiger charge is 2.30. The van der Waals surface area contributed by atoms with E-state index >= 15 is 0 Å². The fraction of sp³-hybridized carbons (Fsp3) is 0.333. The Balaban J connectivity index is 1.90. The van der Waals surface area contributed by atoms with Crippen molar-refractivity contribution >= 4 is 17.7 Å². The van der Waals surface area contributed by atoms with Crippen molar-refractivity contribution in [2.75, 3.05) is 6.26 Å². The van der Waals surface area contributed by atoms with Crippen molar-refractivity contribution in [3.8, 4) is 11.4 Å². The van der Waals surface area contributed by atoms with E-state index in [2.05, 4.69) is 10.4 Å². The van der Waals surface area contributed by atoms with E-state index in [4.69, 9.17) is 4.74 Å². The number of hydrogen-bond donors (Lipinski definition) is 1. The van der Waals surface area contributed by atoms with Crippen LogP contribution < -0.4 is 10.4 Å². The molecular weight excluding hydrogens is 404 g/mol. The van der Waals surface area contributed by atoms with E-state index < -0.39 is 11.6 Å². The third kappa shape index (κ3) is 4.25. The summed E-state index contributed by atoms with van der Waals surface area (Å²) in [6.07, 6.45) is 1.94. The lowest BCUT2D eigenvalue weighted by Gasteiger charge is -2.24. The number of aliphatic carboxylic acids is 1. The van der Waals surface area contributed by atoms with Crippen LogP contribution in [0.2, 0.25) is 0 Å². The van der Waals surface area contributed by atoms with Crippen LogP contribution in [0.15, 0.2) is 46.1 Å². The number of thioether (sulfide) groups is 1. The smallest absolute Gasteiger partial charge is 0.368 e. The molecule has 30 heavy (non-hydrogen) atoms. The molecule has 0 amide bonds. The number of aromatic nitrogens is 4. The first-order chi connectivity index (χ1) is 14.1. The van der Waals surface area contributed by atoms with Crippen molar-refractivity contribution in [3.63, 3.8) is 0 Å². The Morgan fingerprint density at radius 2 is 1.80 bits per heavy atom. The first-order valence-corrected chi connectivity index (χ1v) is 10.5. The molecule has 0 aliphatic carbocycles. The van der Waals surface area contributed by atoms with Crippen molar-refractivity contribution in [1.82, 2.24) is 19.8 Å². The van der Waals surface area contributed by atoms with Crippen molar-refractivity contribution in [3.05, 3.63) is 63.6 Å². The van der Waals surface area contributed by atoms with E-state index in [1.54, 1.807) is 0 Å². The lowest BCUT2D eigenvalue weighted by atomic mass is 10.0. The van der Waals surface area contributed by atoms with Crippen LogP contribution in [0.4, 0.5) is 0 Å². The molecule has 0 aliphatic heterocycles. The van der Waals surface area contributed by atoms with Crippen molar-refractivity contribution in [1.29, 1.82) is 0 Å². The molecule has 3 rings (SSSR count). The number of para-hydroxylation sites is 1. The molecule has 0 radical (unpaired) electrons. The van der Waals surface area contributed by atoms with Crippen LogP contribution in [-0.4, -0.2) is 42.7 Å². The zero-order valence-electron chi connectivity index (χ0n) is 17.5. The molecule has 9 heteroatoms. The van der Waals surface area contributed by atoms with Crippen molar-refractivity contribution in [2.24, 2.45) is 0 Å². The Morgan fingerprint density at radius 1 is 1.17 bits per heavy atom. The van der Waals surface area contributed by atoms with Crippen LogP contribution in [0.3, 0.4) is 0 Å². The van der Waals surface area contributed by atoms with Gasteiger partial charge in [-0.2, -0.15) is 9.36 Å². The Bertz CT molecular complexity index is 1130. The standard InChI is InChI=1S/C21H24N4O4S/c1-13-10-15(11-14(2)18(13)29-21(3,4)19(26)27)12-24-20(28)25(23-22-24)16-8-6-7-9-17(16)30-5/h6-11H,12H2,1-5H3,(H,26,27). The average molecular weight is 429 g/mol. The van der Waals surface area contributed by atoms with Crippen LogP contribution in [-0.2, 0) is 11.3 Å². The minimum atomic E-state index is -1.35. The molecule has 3 aromatic rings. The van der Waals surface area contributed by atoms with Gasteiger partial charge in [-0.25, -0.2) is 9.59 Å². The topological polar surface area (TPSA) is 99.2 Å². The van der Waals surface area contributed by atoms with E-state index in [1.165, 1.54) is 35.0 Å². The number of tetrazole rings is 1. The Labute approximate surface area is 178 Å². The molecule has 1 heterocycles. The van der Waals surface area contributed by atoms with E-state index in [9.17, 15) is 14.7 Å². The maximum Gasteiger partial charge on any atom is 0.368 e. The fourth-order valence-electron chi connectivity index (χ4n) is 3.09. The van der Waals surface area contributed by atoms with Gasteiger partial charge < -0.3 is 9.84 Å². The molecule has 0 unspecified atom stereocenters. The molecule has 0 saturated heterocycles. The molecule has 1 aromatic heterocycles. The number of aryl methyl sites for hydroxylation is 2. The minimum Gasteiger partial charge on any atom is -0.478 e. The summed E-state index contributed by atoms with van der Waals surface area (Å²) in [5.41, 5.74) is 1.42. The third-order valence-electron chi connectivity index (χ3n) is 4.68. The number of hydrogen-bond acceptors (Lipinski definition) is 6. The number of nitrogens with zero attached hydrogens (tertiary/aromatic N) is 4. The summed E-state index contributed by atoms with van der Waals surface area (Å²) in [7, 11) is 0. The molecule has 0 spiro atoms. The number of ether oxygens (including phenoxy) is 1. The predicted molar refractivity (Wildman–Crippen MR) is 115 cm³/mol. The first-order valence-electron chi connectivity index (χ1n) is 9.33. The van der Waals surface area contributed by atoms with Gasteiger partial charge in [0, 0.05) is 4.90 Å². The Kier molecular flexibility index (Phi) is 6.02. The van der Waals surface area contributed by atoms with Crippen LogP contribution in [0, 0.1) is 13.8 Å². The maximum absolute atomic E-state index is 12.8. The summed E-state index contributed by atoms with van der Waals surface area (Å²) >= 11 is 1.53. The zero-order valence-corrected chi connectivity index (χ0v) is 18.4. The quantitative estimate of drug-likeness (QED) is 0.577. The molecule has 0 saturated carbocycles. The largest absolute Gasteiger partial charge is 0.478 e. The number of rotatable bonds is 7. The summed E-state index contributed by atoms with van der Waals surface area (Å²) in [6, 6.07) is 11.2. The number of carbonyl (C=O) groups is 1. The highest BCUT2D eigenvalue weighted by molar-refractivity contribution is 7.98. The SMILES string of the molecule is CSc1ccccc1-n1nnn(Cc2cc(C)c(OC(C)(C)C(=O)O)c(C)c2)c1=O. The summed E-state index contributed by atoms with van der Waals surface area (Å²) in [5, 5.41) is 17.4. The van der Waals surface area contributed by atoms with Gasteiger partial charge in [-0.3, -0.25) is 0 Å². The molecule has 158 valence electrons. The van der Waals surface area contributed by atoms with Crippen molar-refractivity contribution < 1.29 is 14.6 Å². The molecule has 2 aromatic carbocycles. The van der Waals surface area contributed by atoms with Gasteiger partial charge in [-0.1, -0.05) is 24.3 Å². The molecule has 0 bridgehead atoms. The van der Waals surface area contributed by atoms with E-state index in [-0.39, 0.29) is 12.2 Å². The second kappa shape index (κ2) is 8.35. The monoisotopic (exact) mass is 428 g/mol. The van der Waals surface area contributed by atoms with Crippen molar-refractivity contribution in [2.45, 2.75) is 44.7 Å². The van der Waals surface area contributed by atoms with Gasteiger partial charge in [-0.05, 0) is 73.2 Å². The summed E-state index contributed by atoms with van der Waals surface area (Å²) in [6.45, 7) is 6.94. The molecule has 0 aliphatic rings. The summed E-state index contributed by atoms with van der Waals surface area (Å²) in [5.74, 6) is -0.518. The third-order valence-corrected chi connectivity index (χ3v) is 5.46. The number of carboxylic acids is 1. The van der Waals surface area contributed by atoms with Gasteiger partial charge in [0.05, 0.1) is 12.2 Å². The number of benzene rings is 2. The van der Waals surface area contributed by atoms with Gasteiger partial charge in [0.1, 0.15) is 5.75 Å². The first kappa shape index (κ1) is 21.6. The van der Waals surface area contributed by atoms with Gasteiger partial charge in [0.2, 0.25) is 0 Å². The van der Waals surface area contributed by atoms with Gasteiger partial charge in [0.25, 0.3) is 0 Å². The lowest BCUT2D eigenvalue weighted by molar-refractivity contribution is -0.152. The second-order valence-corrected chi connectivity index (χ2v) is 8.33. The predicted octanol–water partition coefficient (Wildman–Crippen LogP) is 3.06. The normalized spacial score (nSPS) is 11.5. The van der Waals surface area contributed by atoms with E-state index in [0.717, 1.165) is 21.6 Å². The van der Waals surface area contributed by atoms with Gasteiger partial charge >= 0.3 is 11.7 Å². The lowest BCUT2D eigenvalue weighted by Crippen LogP contribution is -2.38. The van der Waals surface area contributed by atoms with Crippen LogP contribution in [0.5, 0.6) is 5.75 Å². The highest BCUT2D eigenvalue weighted by Crippen LogP contribution is 2.29. The summed E-state index contributed by atoms with van der Waals surface area (Å²) in [4.78, 5) is 25.2. The van der Waals surface area contributed by atoms with Crippen LogP contribution >= 0.6 is 11.8 Å². The van der Waals surface area contributed by atoms with Crippen LogP contribution in [0.1, 0.15) is 30.5 Å². The van der Waals surface area contributed by atoms with Gasteiger partial charge in [0.15, 0.2) is 5.60 Å². The number of carboxylic acid groups (broad SMARTS) is 1. The summed E-state index contributed by atoms with van der Waals surface area (Å²) < 4.78 is 8.33. The van der Waals surface area contributed by atoms with E-state index in [1.807, 2.05) is 56.5 Å². The van der Waals surface area contributed by atoms with Gasteiger partial charge in [-0.15, -0.1) is 11.8 Å². The fourth-order valence-corrected chi connectivity index (χ4v) is 3.67. The molecule has 1 N–H and O–H groups in total. The zero-order chi connectivity index (χ0) is 22.1. The molecule has 0 atom stereocenters. The molecule has 0 fully saturated rings. The van der Waals surface area contributed by atoms with Crippen LogP contribution in [0.25, 0.3) is 5.69 Å². The second-order valence-electron chi connectivity index (χ2n) is 7.48. The molecule has 8 nitrogen and oxygen atoms in total. The Morgan fingerprint density at radius 3 is 2.40 bits per heavy atom. The molecular formula is C21H24N4O4S. The Hall–Kier alpha value is -3.07. The van der Waals surface area contributed by atoms with E-state index in [0.29, 0.717) is 11.4 Å².